The van der Waals surface area contributed by atoms with E-state index in [1.165, 1.54) is 0 Å². The van der Waals surface area contributed by atoms with Gasteiger partial charge in [-0.25, -0.2) is 0 Å². The van der Waals surface area contributed by atoms with Gasteiger partial charge in [-0.2, -0.15) is 0 Å². The Morgan fingerprint density at radius 3 is 2.38 bits per heavy atom. The van der Waals surface area contributed by atoms with Crippen molar-refractivity contribution >= 4 is 11.7 Å². The molecular weight excluding hydrogens is 204 g/mol. The third kappa shape index (κ3) is 2.61. The first-order valence-corrected chi connectivity index (χ1v) is 6.14. The molecule has 4 nitrogen and oxygen atoms in total. The van der Waals surface area contributed by atoms with Gasteiger partial charge in [0, 0.05) is 18.5 Å². The Labute approximate surface area is 96.2 Å². The van der Waals surface area contributed by atoms with E-state index in [-0.39, 0.29) is 11.8 Å². The van der Waals surface area contributed by atoms with E-state index < -0.39 is 0 Å². The summed E-state index contributed by atoms with van der Waals surface area (Å²) in [6.45, 7) is 3.29. The van der Waals surface area contributed by atoms with Crippen molar-refractivity contribution in [2.75, 3.05) is 13.1 Å². The number of primary amides is 1. The van der Waals surface area contributed by atoms with E-state index in [4.69, 9.17) is 5.73 Å². The standard InChI is InChI=1S/C12H20N2O2/c1-8-2-3-10(12(13)16)6-14(8)7-11(15)9-4-5-9/h8-10H,2-7H2,1H3,(H2,13,16). The van der Waals surface area contributed by atoms with Gasteiger partial charge >= 0.3 is 0 Å². The number of rotatable bonds is 4. The van der Waals surface area contributed by atoms with E-state index in [1.54, 1.807) is 0 Å². The molecule has 1 heterocycles. The zero-order valence-electron chi connectivity index (χ0n) is 9.82. The molecule has 1 aliphatic carbocycles. The van der Waals surface area contributed by atoms with Gasteiger partial charge in [-0.1, -0.05) is 0 Å². The normalized spacial score (nSPS) is 31.3. The van der Waals surface area contributed by atoms with Gasteiger partial charge in [0.15, 0.2) is 0 Å². The maximum Gasteiger partial charge on any atom is 0.221 e. The molecule has 2 aliphatic rings. The Hall–Kier alpha value is -0.900. The fourth-order valence-electron chi connectivity index (χ4n) is 2.37. The number of hydrogen-bond acceptors (Lipinski definition) is 3. The van der Waals surface area contributed by atoms with E-state index in [0.717, 1.165) is 25.7 Å². The number of likely N-dealkylation sites (tertiary alicyclic amines) is 1. The van der Waals surface area contributed by atoms with E-state index in [1.807, 2.05) is 0 Å². The van der Waals surface area contributed by atoms with Crippen LogP contribution >= 0.6 is 0 Å². The van der Waals surface area contributed by atoms with Gasteiger partial charge in [-0.05, 0) is 32.6 Å². The molecule has 1 amide bonds. The number of carbonyl (C=O) groups is 2. The van der Waals surface area contributed by atoms with Gasteiger partial charge in [0.25, 0.3) is 0 Å². The van der Waals surface area contributed by atoms with Crippen LogP contribution in [0, 0.1) is 11.8 Å². The Morgan fingerprint density at radius 2 is 1.81 bits per heavy atom. The molecule has 1 aliphatic heterocycles. The van der Waals surface area contributed by atoms with E-state index >= 15 is 0 Å². The van der Waals surface area contributed by atoms with E-state index in [9.17, 15) is 9.59 Å². The van der Waals surface area contributed by atoms with E-state index in [0.29, 0.717) is 30.8 Å². The maximum atomic E-state index is 11.7. The fraction of sp³-hybridized carbons (Fsp3) is 0.833. The third-order valence-electron chi connectivity index (χ3n) is 3.81. The Kier molecular flexibility index (Phi) is 3.28. The summed E-state index contributed by atoms with van der Waals surface area (Å²) in [6.07, 6.45) is 3.94. The molecule has 2 unspecified atom stereocenters. The van der Waals surface area contributed by atoms with Gasteiger partial charge in [0.05, 0.1) is 12.5 Å². The average Bonchev–Trinajstić information content (AvgIpc) is 3.04. The summed E-state index contributed by atoms with van der Waals surface area (Å²) in [5, 5.41) is 0. The molecule has 1 saturated carbocycles. The highest BCUT2D eigenvalue weighted by atomic mass is 16.1. The van der Waals surface area contributed by atoms with Crippen LogP contribution in [-0.4, -0.2) is 35.7 Å². The van der Waals surface area contributed by atoms with Crippen LogP contribution in [-0.2, 0) is 9.59 Å². The molecule has 0 aromatic heterocycles. The lowest BCUT2D eigenvalue weighted by atomic mass is 9.92. The summed E-state index contributed by atoms with van der Waals surface area (Å²) in [5.74, 6) is 0.358. The summed E-state index contributed by atoms with van der Waals surface area (Å²) in [7, 11) is 0. The second-order valence-corrected chi connectivity index (χ2v) is 5.20. The second kappa shape index (κ2) is 4.53. The predicted molar refractivity (Wildman–Crippen MR) is 60.7 cm³/mol. The van der Waals surface area contributed by atoms with E-state index in [2.05, 4.69) is 11.8 Å². The molecule has 0 aromatic carbocycles. The molecule has 2 rings (SSSR count). The molecule has 0 spiro atoms. The van der Waals surface area contributed by atoms with Crippen LogP contribution in [0.3, 0.4) is 0 Å². The first-order chi connectivity index (χ1) is 7.58. The molecule has 2 N–H and O–H groups in total. The number of hydrogen-bond donors (Lipinski definition) is 1. The van der Waals surface area contributed by atoms with Gasteiger partial charge in [-0.15, -0.1) is 0 Å². The Balaban J connectivity index is 1.89. The van der Waals surface area contributed by atoms with Gasteiger partial charge in [0.1, 0.15) is 5.78 Å². The van der Waals surface area contributed by atoms with Crippen LogP contribution in [0.4, 0.5) is 0 Å². The van der Waals surface area contributed by atoms with Gasteiger partial charge in [-0.3, -0.25) is 14.5 Å². The zero-order chi connectivity index (χ0) is 11.7. The molecule has 0 bridgehead atoms. The lowest BCUT2D eigenvalue weighted by molar-refractivity contribution is -0.127. The highest BCUT2D eigenvalue weighted by Gasteiger charge is 2.34. The number of nitrogens with two attached hydrogens (primary N) is 1. The van der Waals surface area contributed by atoms with Crippen molar-refractivity contribution in [2.45, 2.75) is 38.6 Å². The number of amides is 1. The molecule has 2 atom stereocenters. The molecule has 1 saturated heterocycles. The molecule has 0 aromatic rings. The number of piperidine rings is 1. The fourth-order valence-corrected chi connectivity index (χ4v) is 2.37. The third-order valence-corrected chi connectivity index (χ3v) is 3.81. The van der Waals surface area contributed by atoms with Crippen molar-refractivity contribution in [3.63, 3.8) is 0 Å². The molecular formula is C12H20N2O2. The molecule has 4 heteroatoms. The van der Waals surface area contributed by atoms with Crippen LogP contribution in [0.25, 0.3) is 0 Å². The molecule has 2 fully saturated rings. The average molecular weight is 224 g/mol. The van der Waals surface area contributed by atoms with Crippen molar-refractivity contribution in [3.05, 3.63) is 0 Å². The molecule has 90 valence electrons. The van der Waals surface area contributed by atoms with Gasteiger partial charge in [0.2, 0.25) is 5.91 Å². The van der Waals surface area contributed by atoms with Crippen molar-refractivity contribution in [1.82, 2.24) is 4.90 Å². The summed E-state index contributed by atoms with van der Waals surface area (Å²) in [5.41, 5.74) is 5.33. The number of nitrogens with zero attached hydrogens (tertiary/aromatic N) is 1. The quantitative estimate of drug-likeness (QED) is 0.758. The second-order valence-electron chi connectivity index (χ2n) is 5.20. The lowest BCUT2D eigenvalue weighted by Gasteiger charge is -2.36. The topological polar surface area (TPSA) is 63.4 Å². The monoisotopic (exact) mass is 224 g/mol. The van der Waals surface area contributed by atoms with Crippen LogP contribution in [0.2, 0.25) is 0 Å². The largest absolute Gasteiger partial charge is 0.369 e. The number of Topliss-reactive ketones (excluding diaryl/α,β-unsaturated/α-hetero) is 1. The Morgan fingerprint density at radius 1 is 1.19 bits per heavy atom. The molecule has 0 radical (unpaired) electrons. The van der Waals surface area contributed by atoms with Crippen molar-refractivity contribution in [1.29, 1.82) is 0 Å². The highest BCUT2D eigenvalue weighted by Crippen LogP contribution is 2.31. The first kappa shape index (κ1) is 11.6. The highest BCUT2D eigenvalue weighted by molar-refractivity contribution is 5.85. The maximum absolute atomic E-state index is 11.7. The lowest BCUT2D eigenvalue weighted by Crippen LogP contribution is -2.47. The van der Waals surface area contributed by atoms with Crippen molar-refractivity contribution in [3.8, 4) is 0 Å². The summed E-state index contributed by atoms with van der Waals surface area (Å²) >= 11 is 0. The van der Waals surface area contributed by atoms with Crippen LogP contribution < -0.4 is 5.73 Å². The summed E-state index contributed by atoms with van der Waals surface area (Å²) in [4.78, 5) is 25.0. The molecule has 16 heavy (non-hydrogen) atoms. The SMILES string of the molecule is CC1CCC(C(N)=O)CN1CC(=O)C1CC1. The number of carbonyl (C=O) groups excluding carboxylic acids is 2. The smallest absolute Gasteiger partial charge is 0.221 e. The first-order valence-electron chi connectivity index (χ1n) is 6.14. The summed E-state index contributed by atoms with van der Waals surface area (Å²) < 4.78 is 0. The van der Waals surface area contributed by atoms with Gasteiger partial charge < -0.3 is 5.73 Å². The minimum absolute atomic E-state index is 0.0665. The van der Waals surface area contributed by atoms with Crippen LogP contribution in [0.15, 0.2) is 0 Å². The van der Waals surface area contributed by atoms with Crippen LogP contribution in [0.5, 0.6) is 0 Å². The minimum atomic E-state index is -0.226. The number of ketones is 1. The summed E-state index contributed by atoms with van der Waals surface area (Å²) in [6, 6.07) is 0.401. The zero-order valence-corrected chi connectivity index (χ0v) is 9.82. The minimum Gasteiger partial charge on any atom is -0.369 e. The van der Waals surface area contributed by atoms with Crippen molar-refractivity contribution < 1.29 is 9.59 Å². The van der Waals surface area contributed by atoms with Crippen LogP contribution in [0.1, 0.15) is 32.6 Å². The Bertz CT molecular complexity index is 299. The predicted octanol–water partition coefficient (Wildman–Crippen LogP) is 0.551. The van der Waals surface area contributed by atoms with Crippen molar-refractivity contribution in [2.24, 2.45) is 17.6 Å².